The predicted octanol–water partition coefficient (Wildman–Crippen LogP) is 2.35. The fraction of sp³-hybridized carbons (Fsp3) is 0.312. The van der Waals surface area contributed by atoms with E-state index >= 15 is 0 Å². The van der Waals surface area contributed by atoms with Gasteiger partial charge < -0.3 is 19.9 Å². The Morgan fingerprint density at radius 2 is 2.00 bits per heavy atom. The zero-order valence-electron chi connectivity index (χ0n) is 12.7. The lowest BCUT2D eigenvalue weighted by Crippen LogP contribution is -2.20. The van der Waals surface area contributed by atoms with E-state index in [4.69, 9.17) is 9.26 Å². The molecule has 0 spiro atoms. The quantitative estimate of drug-likeness (QED) is 0.853. The molecule has 0 atom stereocenters. The molecule has 0 aliphatic heterocycles. The van der Waals surface area contributed by atoms with E-state index in [9.17, 15) is 9.59 Å². The number of ether oxygens (including phenoxy) is 1. The summed E-state index contributed by atoms with van der Waals surface area (Å²) in [7, 11) is 0. The Morgan fingerprint density at radius 3 is 2.61 bits per heavy atom. The van der Waals surface area contributed by atoms with E-state index in [1.807, 2.05) is 0 Å². The topological polar surface area (TPSA) is 93.5 Å². The molecule has 0 radical (unpaired) electrons. The molecule has 3 rings (SSSR count). The average molecular weight is 315 g/mol. The minimum Gasteiger partial charge on any atom is -0.484 e. The third-order valence-corrected chi connectivity index (χ3v) is 3.34. The first kappa shape index (κ1) is 15.1. The summed E-state index contributed by atoms with van der Waals surface area (Å²) < 4.78 is 10.2. The first-order valence-corrected chi connectivity index (χ1v) is 7.37. The van der Waals surface area contributed by atoms with Gasteiger partial charge in [-0.1, -0.05) is 5.16 Å². The minimum atomic E-state index is -0.329. The first-order valence-electron chi connectivity index (χ1n) is 7.37. The molecule has 7 nitrogen and oxygen atoms in total. The van der Waals surface area contributed by atoms with Crippen LogP contribution in [0.4, 0.5) is 11.5 Å². The van der Waals surface area contributed by atoms with E-state index in [-0.39, 0.29) is 24.3 Å². The molecule has 1 aromatic heterocycles. The van der Waals surface area contributed by atoms with Crippen LogP contribution in [0, 0.1) is 12.8 Å². The zero-order chi connectivity index (χ0) is 16.2. The third kappa shape index (κ3) is 4.32. The lowest BCUT2D eigenvalue weighted by Gasteiger charge is -2.08. The van der Waals surface area contributed by atoms with Crippen LogP contribution in [0.3, 0.4) is 0 Å². The molecule has 23 heavy (non-hydrogen) atoms. The largest absolute Gasteiger partial charge is 0.484 e. The van der Waals surface area contributed by atoms with Gasteiger partial charge in [-0.25, -0.2) is 0 Å². The van der Waals surface area contributed by atoms with E-state index in [1.54, 1.807) is 37.3 Å². The van der Waals surface area contributed by atoms with Crippen molar-refractivity contribution in [3.05, 3.63) is 36.1 Å². The molecule has 0 bridgehead atoms. The van der Waals surface area contributed by atoms with E-state index in [1.165, 1.54) is 0 Å². The molecule has 2 amide bonds. The number of anilines is 2. The average Bonchev–Trinajstić information content (AvgIpc) is 3.31. The van der Waals surface area contributed by atoms with Gasteiger partial charge in [-0.2, -0.15) is 0 Å². The van der Waals surface area contributed by atoms with Gasteiger partial charge in [-0.05, 0) is 44.0 Å². The van der Waals surface area contributed by atoms with Crippen LogP contribution < -0.4 is 15.4 Å². The number of nitrogens with zero attached hydrogens (tertiary/aromatic N) is 1. The Kier molecular flexibility index (Phi) is 4.27. The molecule has 0 unspecified atom stereocenters. The van der Waals surface area contributed by atoms with Gasteiger partial charge in [-0.3, -0.25) is 9.59 Å². The second-order valence-corrected chi connectivity index (χ2v) is 5.45. The molecule has 1 heterocycles. The van der Waals surface area contributed by atoms with E-state index < -0.39 is 0 Å². The number of carbonyl (C=O) groups is 2. The van der Waals surface area contributed by atoms with Crippen molar-refractivity contribution in [2.75, 3.05) is 17.2 Å². The Hall–Kier alpha value is -2.83. The number of hydrogen-bond acceptors (Lipinski definition) is 5. The van der Waals surface area contributed by atoms with Crippen molar-refractivity contribution in [2.45, 2.75) is 19.8 Å². The Labute approximate surface area is 133 Å². The van der Waals surface area contributed by atoms with Crippen LogP contribution in [0.1, 0.15) is 18.6 Å². The van der Waals surface area contributed by atoms with Crippen LogP contribution in [0.15, 0.2) is 34.9 Å². The highest BCUT2D eigenvalue weighted by atomic mass is 16.5. The molecule has 1 fully saturated rings. The van der Waals surface area contributed by atoms with Crippen molar-refractivity contribution in [2.24, 2.45) is 5.92 Å². The number of hydrogen-bond donors (Lipinski definition) is 2. The molecule has 0 saturated heterocycles. The number of aromatic nitrogens is 1. The van der Waals surface area contributed by atoms with Gasteiger partial charge in [-0.15, -0.1) is 0 Å². The van der Waals surface area contributed by atoms with Crippen molar-refractivity contribution < 1.29 is 18.8 Å². The maximum absolute atomic E-state index is 11.7. The summed E-state index contributed by atoms with van der Waals surface area (Å²) in [6.45, 7) is 1.60. The van der Waals surface area contributed by atoms with E-state index in [0.29, 0.717) is 17.3 Å². The van der Waals surface area contributed by atoms with Gasteiger partial charge in [0.25, 0.3) is 5.91 Å². The van der Waals surface area contributed by atoms with Gasteiger partial charge in [0.1, 0.15) is 11.5 Å². The fourth-order valence-corrected chi connectivity index (χ4v) is 1.98. The monoisotopic (exact) mass is 315 g/mol. The Bertz CT molecular complexity index is 704. The highest BCUT2D eigenvalue weighted by Gasteiger charge is 2.29. The van der Waals surface area contributed by atoms with Crippen molar-refractivity contribution in [1.82, 2.24) is 5.16 Å². The number of rotatable bonds is 6. The second kappa shape index (κ2) is 6.51. The lowest BCUT2D eigenvalue weighted by molar-refractivity contribution is -0.118. The molecule has 1 aliphatic rings. The number of nitrogens with one attached hydrogen (secondary N) is 2. The maximum Gasteiger partial charge on any atom is 0.263 e. The van der Waals surface area contributed by atoms with Gasteiger partial charge in [0, 0.05) is 17.7 Å². The van der Waals surface area contributed by atoms with Gasteiger partial charge in [0.2, 0.25) is 5.91 Å². The summed E-state index contributed by atoms with van der Waals surface area (Å²) in [5, 5.41) is 9.07. The number of amides is 2. The van der Waals surface area contributed by atoms with Crippen LogP contribution in [-0.2, 0) is 9.59 Å². The van der Waals surface area contributed by atoms with Crippen molar-refractivity contribution >= 4 is 23.3 Å². The highest BCUT2D eigenvalue weighted by Crippen LogP contribution is 2.30. The number of benzene rings is 1. The third-order valence-electron chi connectivity index (χ3n) is 3.34. The van der Waals surface area contributed by atoms with Gasteiger partial charge in [0.15, 0.2) is 12.4 Å². The van der Waals surface area contributed by atoms with Gasteiger partial charge in [0.05, 0.1) is 0 Å². The highest BCUT2D eigenvalue weighted by molar-refractivity contribution is 5.94. The fourth-order valence-electron chi connectivity index (χ4n) is 1.98. The van der Waals surface area contributed by atoms with Crippen LogP contribution in [0.5, 0.6) is 5.75 Å². The molecule has 120 valence electrons. The zero-order valence-corrected chi connectivity index (χ0v) is 12.7. The van der Waals surface area contributed by atoms with Crippen LogP contribution in [0.2, 0.25) is 0 Å². The molecular weight excluding hydrogens is 298 g/mol. The molecule has 2 aromatic rings. The summed E-state index contributed by atoms with van der Waals surface area (Å²) in [6.07, 6.45) is 1.93. The van der Waals surface area contributed by atoms with Crippen LogP contribution in [0.25, 0.3) is 0 Å². The van der Waals surface area contributed by atoms with Crippen molar-refractivity contribution in [3.63, 3.8) is 0 Å². The van der Waals surface area contributed by atoms with Crippen LogP contribution in [-0.4, -0.2) is 23.6 Å². The smallest absolute Gasteiger partial charge is 0.263 e. The summed E-state index contributed by atoms with van der Waals surface area (Å²) in [6, 6.07) is 8.52. The lowest BCUT2D eigenvalue weighted by atomic mass is 10.3. The summed E-state index contributed by atoms with van der Waals surface area (Å²) in [5.74, 6) is 1.40. The van der Waals surface area contributed by atoms with Crippen molar-refractivity contribution in [3.8, 4) is 5.75 Å². The number of carbonyl (C=O) groups excluding carboxylic acids is 2. The Balaban J connectivity index is 1.46. The molecular formula is C16H17N3O4. The SMILES string of the molecule is Cc1cc(NC(=O)COc2ccc(NC(=O)C3CC3)cc2)no1. The normalized spacial score (nSPS) is 13.4. The van der Waals surface area contributed by atoms with E-state index in [0.717, 1.165) is 18.5 Å². The standard InChI is InChI=1S/C16H17N3O4/c1-10-8-14(19-23-10)18-15(20)9-22-13-6-4-12(5-7-13)17-16(21)11-2-3-11/h4-8,11H,2-3,9H2,1H3,(H,17,21)(H,18,19,20). The van der Waals surface area contributed by atoms with Crippen LogP contribution >= 0.6 is 0 Å². The second-order valence-electron chi connectivity index (χ2n) is 5.45. The van der Waals surface area contributed by atoms with Crippen molar-refractivity contribution in [1.29, 1.82) is 0 Å². The molecule has 1 aliphatic carbocycles. The summed E-state index contributed by atoms with van der Waals surface area (Å²) >= 11 is 0. The minimum absolute atomic E-state index is 0.0564. The molecule has 7 heteroatoms. The maximum atomic E-state index is 11.7. The number of aryl methyl sites for hydroxylation is 1. The summed E-state index contributed by atoms with van der Waals surface area (Å²) in [4.78, 5) is 23.4. The van der Waals surface area contributed by atoms with Gasteiger partial charge >= 0.3 is 0 Å². The first-order chi connectivity index (χ1) is 11.1. The summed E-state index contributed by atoms with van der Waals surface area (Å²) in [5.41, 5.74) is 0.719. The molecule has 1 aromatic carbocycles. The predicted molar refractivity (Wildman–Crippen MR) is 83.2 cm³/mol. The van der Waals surface area contributed by atoms with E-state index in [2.05, 4.69) is 15.8 Å². The molecule has 2 N–H and O–H groups in total. The Morgan fingerprint density at radius 1 is 1.26 bits per heavy atom. The molecule has 1 saturated carbocycles.